The lowest BCUT2D eigenvalue weighted by molar-refractivity contribution is 0.235. The van der Waals surface area contributed by atoms with Crippen LogP contribution in [0, 0.1) is 6.92 Å². The molecule has 12 heteroatoms. The normalized spacial score (nSPS) is 9.26. The summed E-state index contributed by atoms with van der Waals surface area (Å²) in [6.07, 6.45) is 0. The van der Waals surface area contributed by atoms with E-state index < -0.39 is 24.1 Å². The van der Waals surface area contributed by atoms with Gasteiger partial charge in [0.15, 0.2) is 0 Å². The first-order chi connectivity index (χ1) is 10.8. The number of urea groups is 4. The Balaban J connectivity index is 2.67. The number of hydrogen-bond acceptors (Lipinski definition) is 4. The molecule has 0 radical (unpaired) electrons. The van der Waals surface area contributed by atoms with E-state index in [0.29, 0.717) is 16.9 Å². The van der Waals surface area contributed by atoms with Crippen molar-refractivity contribution in [3.63, 3.8) is 0 Å². The summed E-state index contributed by atoms with van der Waals surface area (Å²) in [7, 11) is 0. The highest BCUT2D eigenvalue weighted by Gasteiger charge is 2.08. The summed E-state index contributed by atoms with van der Waals surface area (Å²) in [5, 5.41) is 4.85. The van der Waals surface area contributed by atoms with E-state index in [1.54, 1.807) is 19.1 Å². The third-order valence-electron chi connectivity index (χ3n) is 2.34. The Bertz CT molecular complexity index is 632. The fourth-order valence-corrected chi connectivity index (χ4v) is 1.39. The van der Waals surface area contributed by atoms with Crippen molar-refractivity contribution in [2.75, 3.05) is 10.6 Å². The predicted octanol–water partition coefficient (Wildman–Crippen LogP) is -0.595. The number of rotatable bonds is 2. The average Bonchev–Trinajstić information content (AvgIpc) is 2.46. The van der Waals surface area contributed by atoms with Crippen molar-refractivity contribution in [1.82, 2.24) is 21.7 Å². The number of hydrogen-bond donors (Lipinski definition) is 8. The SMILES string of the molecule is Cc1ccc(NC(=O)NNC(N)=O)cc1NC(=O)NNC(N)=O. The number of hydrazine groups is 2. The van der Waals surface area contributed by atoms with Gasteiger partial charge in [-0.05, 0) is 24.6 Å². The van der Waals surface area contributed by atoms with E-state index in [-0.39, 0.29) is 0 Å². The van der Waals surface area contributed by atoms with E-state index in [1.807, 2.05) is 21.7 Å². The highest BCUT2D eigenvalue weighted by atomic mass is 16.2. The molecule has 10 N–H and O–H groups in total. The average molecular weight is 324 g/mol. The van der Waals surface area contributed by atoms with Gasteiger partial charge in [-0.2, -0.15) is 0 Å². The van der Waals surface area contributed by atoms with Crippen LogP contribution in [0.3, 0.4) is 0 Å². The zero-order valence-electron chi connectivity index (χ0n) is 12.0. The molecule has 0 bridgehead atoms. The maximum atomic E-state index is 11.5. The maximum absolute atomic E-state index is 11.5. The monoisotopic (exact) mass is 324 g/mol. The lowest BCUT2D eigenvalue weighted by Crippen LogP contribution is -2.46. The summed E-state index contributed by atoms with van der Waals surface area (Å²) >= 11 is 0. The molecule has 0 saturated heterocycles. The largest absolute Gasteiger partial charge is 0.350 e. The second kappa shape index (κ2) is 7.92. The predicted molar refractivity (Wildman–Crippen MR) is 80.9 cm³/mol. The molecule has 1 rings (SSSR count). The number of nitrogens with one attached hydrogen (secondary N) is 6. The molecule has 8 amide bonds. The van der Waals surface area contributed by atoms with Crippen LogP contribution in [-0.4, -0.2) is 24.1 Å². The smallest absolute Gasteiger partial charge is 0.337 e. The second-order valence-electron chi connectivity index (χ2n) is 4.17. The summed E-state index contributed by atoms with van der Waals surface area (Å²) in [5.74, 6) is 0. The third-order valence-corrected chi connectivity index (χ3v) is 2.34. The van der Waals surface area contributed by atoms with Gasteiger partial charge in [-0.1, -0.05) is 6.07 Å². The number of benzene rings is 1. The fraction of sp³-hybridized carbons (Fsp3) is 0.0909. The molecule has 0 aliphatic rings. The molecule has 23 heavy (non-hydrogen) atoms. The molecule has 0 atom stereocenters. The van der Waals surface area contributed by atoms with Crippen molar-refractivity contribution < 1.29 is 19.2 Å². The summed E-state index contributed by atoms with van der Waals surface area (Å²) in [5.41, 5.74) is 18.8. The lowest BCUT2D eigenvalue weighted by Gasteiger charge is -2.12. The first kappa shape index (κ1) is 17.4. The number of primary amides is 2. The summed E-state index contributed by atoms with van der Waals surface area (Å²) in [6.45, 7) is 1.72. The highest BCUT2D eigenvalue weighted by molar-refractivity contribution is 5.94. The molecular formula is C11H16N8O4. The minimum absolute atomic E-state index is 0.331. The van der Waals surface area contributed by atoms with Gasteiger partial charge in [-0.3, -0.25) is 0 Å². The molecule has 0 aromatic heterocycles. The van der Waals surface area contributed by atoms with E-state index in [2.05, 4.69) is 10.6 Å². The van der Waals surface area contributed by atoms with Gasteiger partial charge < -0.3 is 22.1 Å². The standard InChI is InChI=1S/C11H16N8O4/c1-5-2-3-6(14-10(22)18-16-8(12)20)4-7(5)15-11(23)19-17-9(13)21/h2-4H,1H3,(H3,12,16,20)(H3,13,17,21)(H2,14,18,22)(H2,15,19,23). The molecule has 0 aliphatic carbocycles. The number of carbonyl (C=O) groups is 4. The fourth-order valence-electron chi connectivity index (χ4n) is 1.39. The molecule has 0 spiro atoms. The number of nitrogens with two attached hydrogens (primary N) is 2. The van der Waals surface area contributed by atoms with Crippen LogP contribution in [0.5, 0.6) is 0 Å². The minimum atomic E-state index is -0.926. The van der Waals surface area contributed by atoms with Crippen molar-refractivity contribution in [2.45, 2.75) is 6.92 Å². The molecule has 124 valence electrons. The zero-order chi connectivity index (χ0) is 17.4. The van der Waals surface area contributed by atoms with Crippen LogP contribution in [0.15, 0.2) is 18.2 Å². The topological polar surface area (TPSA) is 192 Å². The van der Waals surface area contributed by atoms with Gasteiger partial charge in [0.2, 0.25) is 0 Å². The van der Waals surface area contributed by atoms with Crippen molar-refractivity contribution in [1.29, 1.82) is 0 Å². The summed E-state index contributed by atoms with van der Waals surface area (Å²) in [6, 6.07) is 1.35. The first-order valence-electron chi connectivity index (χ1n) is 6.13. The van der Waals surface area contributed by atoms with Crippen LogP contribution >= 0.6 is 0 Å². The molecule has 12 nitrogen and oxygen atoms in total. The third kappa shape index (κ3) is 6.52. The van der Waals surface area contributed by atoms with Crippen molar-refractivity contribution in [2.24, 2.45) is 11.5 Å². The van der Waals surface area contributed by atoms with Crippen molar-refractivity contribution in [3.05, 3.63) is 23.8 Å². The van der Waals surface area contributed by atoms with E-state index in [4.69, 9.17) is 11.5 Å². The molecule has 1 aromatic carbocycles. The Labute approximate surface area is 130 Å². The van der Waals surface area contributed by atoms with E-state index >= 15 is 0 Å². The molecule has 1 aromatic rings. The van der Waals surface area contributed by atoms with Gasteiger partial charge in [0.05, 0.1) is 0 Å². The highest BCUT2D eigenvalue weighted by Crippen LogP contribution is 2.20. The number of anilines is 2. The van der Waals surface area contributed by atoms with Gasteiger partial charge in [0.1, 0.15) is 0 Å². The number of amides is 8. The Morgan fingerprint density at radius 1 is 0.826 bits per heavy atom. The Morgan fingerprint density at radius 3 is 1.87 bits per heavy atom. The summed E-state index contributed by atoms with van der Waals surface area (Å²) < 4.78 is 0. The van der Waals surface area contributed by atoms with Gasteiger partial charge in [-0.15, -0.1) is 0 Å². The van der Waals surface area contributed by atoms with Crippen LogP contribution < -0.4 is 43.8 Å². The lowest BCUT2D eigenvalue weighted by atomic mass is 10.2. The summed E-state index contributed by atoms with van der Waals surface area (Å²) in [4.78, 5) is 43.9. The molecule has 0 unspecified atom stereocenters. The van der Waals surface area contributed by atoms with Gasteiger partial charge in [0.25, 0.3) is 0 Å². The molecular weight excluding hydrogens is 308 g/mol. The quantitative estimate of drug-likeness (QED) is 0.337. The Hall–Kier alpha value is -3.70. The Kier molecular flexibility index (Phi) is 5.97. The van der Waals surface area contributed by atoms with Gasteiger partial charge in [0, 0.05) is 11.4 Å². The van der Waals surface area contributed by atoms with Gasteiger partial charge >= 0.3 is 24.1 Å². The Morgan fingerprint density at radius 2 is 1.35 bits per heavy atom. The van der Waals surface area contributed by atoms with Crippen LogP contribution in [0.1, 0.15) is 5.56 Å². The van der Waals surface area contributed by atoms with Crippen LogP contribution in [-0.2, 0) is 0 Å². The van der Waals surface area contributed by atoms with Crippen LogP contribution in [0.4, 0.5) is 30.6 Å². The van der Waals surface area contributed by atoms with Crippen molar-refractivity contribution >= 4 is 35.5 Å². The molecule has 0 heterocycles. The number of carbonyl (C=O) groups excluding carboxylic acids is 4. The van der Waals surface area contributed by atoms with E-state index in [9.17, 15) is 19.2 Å². The second-order valence-corrected chi connectivity index (χ2v) is 4.17. The van der Waals surface area contributed by atoms with Gasteiger partial charge in [-0.25, -0.2) is 40.9 Å². The zero-order valence-corrected chi connectivity index (χ0v) is 12.0. The maximum Gasteiger partial charge on any atom is 0.337 e. The number of aryl methyl sites for hydroxylation is 1. The molecule has 0 saturated carbocycles. The van der Waals surface area contributed by atoms with E-state index in [0.717, 1.165) is 0 Å². The molecule has 0 fully saturated rings. The van der Waals surface area contributed by atoms with Crippen LogP contribution in [0.25, 0.3) is 0 Å². The molecule has 0 aliphatic heterocycles. The van der Waals surface area contributed by atoms with E-state index in [1.165, 1.54) is 6.07 Å². The minimum Gasteiger partial charge on any atom is -0.350 e. The first-order valence-corrected chi connectivity index (χ1v) is 6.13. The van der Waals surface area contributed by atoms with Crippen LogP contribution in [0.2, 0.25) is 0 Å². The van der Waals surface area contributed by atoms with Crippen molar-refractivity contribution in [3.8, 4) is 0 Å².